The molecule has 1 aromatic rings. The molecule has 0 atom stereocenters. The maximum Gasteiger partial charge on any atom is 0.407 e. The minimum Gasteiger partial charge on any atom is -0.489 e. The lowest BCUT2D eigenvalue weighted by Gasteiger charge is -2.43. The van der Waals surface area contributed by atoms with Crippen molar-refractivity contribution in [2.24, 2.45) is 5.41 Å². The van der Waals surface area contributed by atoms with Crippen molar-refractivity contribution in [1.82, 2.24) is 15.1 Å². The predicted molar refractivity (Wildman–Crippen MR) is 138 cm³/mol. The van der Waals surface area contributed by atoms with Crippen molar-refractivity contribution in [1.29, 1.82) is 0 Å². The van der Waals surface area contributed by atoms with E-state index in [4.69, 9.17) is 9.47 Å². The van der Waals surface area contributed by atoms with Crippen LogP contribution in [0.4, 0.5) is 9.18 Å². The number of nitrogens with one attached hydrogen (secondary N) is 1. The van der Waals surface area contributed by atoms with E-state index in [1.54, 1.807) is 20.8 Å². The van der Waals surface area contributed by atoms with Crippen molar-refractivity contribution in [2.75, 3.05) is 38.7 Å². The first kappa shape index (κ1) is 29.4. The molecule has 2 fully saturated rings. The highest BCUT2D eigenvalue weighted by Crippen LogP contribution is 2.42. The number of hydrogen-bond donors (Lipinski definition) is 1. The quantitative estimate of drug-likeness (QED) is 0.499. The lowest BCUT2D eigenvalue weighted by atomic mass is 9.69. The SMILES string of the molecule is CC(C)(C)OC(=O)NC/C(=C\F)COc1ccc(S(=O)(=O)CN2CCN(C(=O)C3(C)CCC3)CC2=O)cc1. The first-order valence-corrected chi connectivity index (χ1v) is 14.2. The molecule has 12 heteroatoms. The van der Waals surface area contributed by atoms with Gasteiger partial charge < -0.3 is 24.6 Å². The van der Waals surface area contributed by atoms with Crippen LogP contribution in [0, 0.1) is 5.41 Å². The highest BCUT2D eigenvalue weighted by atomic mass is 32.2. The van der Waals surface area contributed by atoms with Crippen molar-refractivity contribution in [3.63, 3.8) is 0 Å². The number of halogens is 1. The zero-order valence-electron chi connectivity index (χ0n) is 22.3. The first-order valence-electron chi connectivity index (χ1n) is 12.5. The molecule has 1 aromatic carbocycles. The molecule has 1 heterocycles. The van der Waals surface area contributed by atoms with Crippen LogP contribution in [0.2, 0.25) is 0 Å². The van der Waals surface area contributed by atoms with E-state index in [-0.39, 0.29) is 42.6 Å². The number of sulfone groups is 1. The molecular weight excluding hydrogens is 517 g/mol. The number of nitrogens with zero attached hydrogens (tertiary/aromatic N) is 2. The molecule has 3 rings (SSSR count). The second-order valence-electron chi connectivity index (χ2n) is 10.9. The van der Waals surface area contributed by atoms with Gasteiger partial charge in [0.2, 0.25) is 11.8 Å². The number of hydrogen-bond acceptors (Lipinski definition) is 7. The molecule has 3 amide bonds. The molecule has 0 bridgehead atoms. The van der Waals surface area contributed by atoms with Gasteiger partial charge in [-0.3, -0.25) is 9.59 Å². The fourth-order valence-corrected chi connectivity index (χ4v) is 5.52. The minimum absolute atomic E-state index is 0.00554. The number of carbonyl (C=O) groups excluding carboxylic acids is 3. The molecule has 0 radical (unpaired) electrons. The lowest BCUT2D eigenvalue weighted by Crippen LogP contribution is -2.57. The zero-order chi connectivity index (χ0) is 28.1. The molecule has 210 valence electrons. The second-order valence-corrected chi connectivity index (χ2v) is 12.9. The third kappa shape index (κ3) is 7.68. The molecule has 10 nitrogen and oxygen atoms in total. The van der Waals surface area contributed by atoms with Gasteiger partial charge in [-0.1, -0.05) is 13.3 Å². The predicted octanol–water partition coefficient (Wildman–Crippen LogP) is 3.04. The van der Waals surface area contributed by atoms with Gasteiger partial charge in [0.05, 0.1) is 17.8 Å². The monoisotopic (exact) mass is 553 g/mol. The van der Waals surface area contributed by atoms with Crippen LogP contribution < -0.4 is 10.1 Å². The van der Waals surface area contributed by atoms with E-state index in [1.165, 1.54) is 34.1 Å². The molecule has 1 saturated heterocycles. The summed E-state index contributed by atoms with van der Waals surface area (Å²) in [5.41, 5.74) is -0.944. The standard InChI is InChI=1S/C26H36FN3O7S/c1-25(2,3)37-24(33)28-15-19(14-27)17-36-20-6-8-21(9-7-20)38(34,35)18-30-13-12-29(16-22(30)31)23(32)26(4)10-5-11-26/h6-9,14H,5,10-13,15-18H2,1-4H3,(H,28,33)/b19-14+. The molecule has 0 spiro atoms. The van der Waals surface area contributed by atoms with Gasteiger partial charge in [-0.2, -0.15) is 0 Å². The lowest BCUT2D eigenvalue weighted by molar-refractivity contribution is -0.153. The van der Waals surface area contributed by atoms with Gasteiger partial charge in [-0.15, -0.1) is 0 Å². The number of amides is 3. The summed E-state index contributed by atoms with van der Waals surface area (Å²) in [6.45, 7) is 7.08. The summed E-state index contributed by atoms with van der Waals surface area (Å²) < 4.78 is 49.7. The molecule has 0 unspecified atom stereocenters. The highest BCUT2D eigenvalue weighted by Gasteiger charge is 2.43. The van der Waals surface area contributed by atoms with Crippen LogP contribution in [0.3, 0.4) is 0 Å². The number of carbonyl (C=O) groups is 3. The van der Waals surface area contributed by atoms with E-state index in [1.807, 2.05) is 6.92 Å². The largest absolute Gasteiger partial charge is 0.489 e. The van der Waals surface area contributed by atoms with Crippen molar-refractivity contribution < 1.29 is 36.7 Å². The summed E-state index contributed by atoms with van der Waals surface area (Å²) in [7, 11) is -3.83. The Hall–Kier alpha value is -3.15. The smallest absolute Gasteiger partial charge is 0.407 e. The van der Waals surface area contributed by atoms with Gasteiger partial charge >= 0.3 is 6.09 Å². The molecule has 1 aliphatic carbocycles. The highest BCUT2D eigenvalue weighted by molar-refractivity contribution is 7.91. The van der Waals surface area contributed by atoms with Crippen molar-refractivity contribution in [2.45, 2.75) is 57.5 Å². The summed E-state index contributed by atoms with van der Waals surface area (Å²) in [6.07, 6.45) is 2.25. The number of ether oxygens (including phenoxy) is 2. The fourth-order valence-electron chi connectivity index (χ4n) is 4.14. The summed E-state index contributed by atoms with van der Waals surface area (Å²) in [4.78, 5) is 39.8. The van der Waals surface area contributed by atoms with E-state index < -0.39 is 38.7 Å². The Morgan fingerprint density at radius 2 is 1.82 bits per heavy atom. The molecular formula is C26H36FN3O7S. The average Bonchev–Trinajstić information content (AvgIpc) is 2.82. The summed E-state index contributed by atoms with van der Waals surface area (Å²) in [6, 6.07) is 5.57. The Labute approximate surface area is 223 Å². The van der Waals surface area contributed by atoms with E-state index in [9.17, 15) is 27.2 Å². The van der Waals surface area contributed by atoms with Gasteiger partial charge in [-0.05, 0) is 57.9 Å². The molecule has 0 aromatic heterocycles. The molecule has 2 aliphatic rings. The van der Waals surface area contributed by atoms with E-state index in [2.05, 4.69) is 5.32 Å². The second kappa shape index (κ2) is 11.7. The van der Waals surface area contributed by atoms with Crippen molar-refractivity contribution >= 4 is 27.7 Å². The minimum atomic E-state index is -3.83. The number of benzene rings is 1. The van der Waals surface area contributed by atoms with Crippen LogP contribution >= 0.6 is 0 Å². The average molecular weight is 554 g/mol. The van der Waals surface area contributed by atoms with Crippen molar-refractivity contribution in [3.05, 3.63) is 36.2 Å². The Morgan fingerprint density at radius 1 is 1.16 bits per heavy atom. The van der Waals surface area contributed by atoms with Crippen LogP contribution in [0.25, 0.3) is 0 Å². The van der Waals surface area contributed by atoms with Crippen LogP contribution in [-0.4, -0.2) is 80.4 Å². The molecule has 1 saturated carbocycles. The van der Waals surface area contributed by atoms with Crippen molar-refractivity contribution in [3.8, 4) is 5.75 Å². The molecule has 1 aliphatic heterocycles. The summed E-state index contributed by atoms with van der Waals surface area (Å²) in [5.74, 6) is -0.632. The van der Waals surface area contributed by atoms with Gasteiger partial charge in [0.1, 0.15) is 23.8 Å². The Balaban J connectivity index is 1.50. The molecule has 38 heavy (non-hydrogen) atoms. The van der Waals surface area contributed by atoms with E-state index in [0.29, 0.717) is 18.6 Å². The van der Waals surface area contributed by atoms with Crippen LogP contribution in [0.1, 0.15) is 47.0 Å². The van der Waals surface area contributed by atoms with Gasteiger partial charge in [0, 0.05) is 30.6 Å². The van der Waals surface area contributed by atoms with Gasteiger partial charge in [0.15, 0.2) is 9.84 Å². The third-order valence-electron chi connectivity index (χ3n) is 6.53. The van der Waals surface area contributed by atoms with Gasteiger partial charge in [-0.25, -0.2) is 17.6 Å². The summed E-state index contributed by atoms with van der Waals surface area (Å²) >= 11 is 0. The third-order valence-corrected chi connectivity index (χ3v) is 8.17. The topological polar surface area (TPSA) is 122 Å². The van der Waals surface area contributed by atoms with E-state index >= 15 is 0 Å². The number of rotatable bonds is 9. The maximum atomic E-state index is 13.2. The molecule has 1 N–H and O–H groups in total. The fraction of sp³-hybridized carbons (Fsp3) is 0.577. The normalized spacial score (nSPS) is 18.0. The number of piperazine rings is 1. The summed E-state index contributed by atoms with van der Waals surface area (Å²) in [5, 5.41) is 2.44. The van der Waals surface area contributed by atoms with Crippen LogP contribution in [-0.2, 0) is 24.2 Å². The Kier molecular flexibility index (Phi) is 9.06. The van der Waals surface area contributed by atoms with Crippen LogP contribution in [0.15, 0.2) is 41.1 Å². The van der Waals surface area contributed by atoms with Crippen LogP contribution in [0.5, 0.6) is 5.75 Å². The first-order chi connectivity index (χ1) is 17.7. The Morgan fingerprint density at radius 3 is 2.34 bits per heavy atom. The zero-order valence-corrected chi connectivity index (χ0v) is 23.1. The Bertz CT molecular complexity index is 1170. The van der Waals surface area contributed by atoms with Gasteiger partial charge in [0.25, 0.3) is 0 Å². The van der Waals surface area contributed by atoms with E-state index in [0.717, 1.165) is 19.3 Å². The maximum absolute atomic E-state index is 13.2. The number of alkyl carbamates (subject to hydrolysis) is 1.